The quantitative estimate of drug-likeness (QED) is 0.198. The first-order valence-electron chi connectivity index (χ1n) is 10.5. The minimum atomic E-state index is -3.96. The van der Waals surface area contributed by atoms with Crippen LogP contribution < -0.4 is 0 Å². The van der Waals surface area contributed by atoms with E-state index in [4.69, 9.17) is 0 Å². The van der Waals surface area contributed by atoms with Crippen LogP contribution in [0.4, 0.5) is 0 Å². The van der Waals surface area contributed by atoms with Crippen LogP contribution in [0, 0.1) is 0 Å². The molecule has 0 aliphatic carbocycles. The summed E-state index contributed by atoms with van der Waals surface area (Å²) < 4.78 is 32.1. The number of quaternary nitrogens is 1. The van der Waals surface area contributed by atoms with Gasteiger partial charge in [0.15, 0.2) is 0 Å². The van der Waals surface area contributed by atoms with Crippen LogP contribution in [0.15, 0.2) is 0 Å². The topological polar surface area (TPSA) is 54.4 Å². The Hall–Kier alpha value is -0.130. The molecule has 0 amide bonds. The lowest BCUT2D eigenvalue weighted by molar-refractivity contribution is -0.900. The van der Waals surface area contributed by atoms with Crippen LogP contribution >= 0.6 is 0 Å². The average Bonchev–Trinajstić information content (AvgIpc) is 2.53. The van der Waals surface area contributed by atoms with Crippen molar-refractivity contribution in [2.75, 3.05) is 20.6 Å². The zero-order valence-corrected chi connectivity index (χ0v) is 18.1. The molecule has 0 aromatic rings. The second kappa shape index (κ2) is 14.0. The molecule has 0 fully saturated rings. The lowest BCUT2D eigenvalue weighted by Crippen LogP contribution is -2.51. The van der Waals surface area contributed by atoms with Gasteiger partial charge < -0.3 is 4.48 Å². The second-order valence-electron chi connectivity index (χ2n) is 8.21. The summed E-state index contributed by atoms with van der Waals surface area (Å²) in [5.74, 6) is 0. The summed E-state index contributed by atoms with van der Waals surface area (Å²) in [5, 5.41) is -0.755. The van der Waals surface area contributed by atoms with Crippen molar-refractivity contribution < 1.29 is 17.5 Å². The molecule has 0 heterocycles. The van der Waals surface area contributed by atoms with Gasteiger partial charge in [-0.2, -0.15) is 8.42 Å². The molecule has 0 rings (SSSR count). The highest BCUT2D eigenvalue weighted by Gasteiger charge is 2.33. The maximum atomic E-state index is 11.3. The lowest BCUT2D eigenvalue weighted by atomic mass is 10.0. The Labute approximate surface area is 157 Å². The first-order valence-corrected chi connectivity index (χ1v) is 12.0. The highest BCUT2D eigenvalue weighted by Crippen LogP contribution is 2.16. The largest absolute Gasteiger partial charge is 0.319 e. The van der Waals surface area contributed by atoms with Crippen LogP contribution in [-0.2, 0) is 10.1 Å². The van der Waals surface area contributed by atoms with Gasteiger partial charge in [0, 0.05) is 6.92 Å². The highest BCUT2D eigenvalue weighted by atomic mass is 32.2. The molecule has 0 aliphatic rings. The molecule has 0 aliphatic heterocycles. The van der Waals surface area contributed by atoms with E-state index in [2.05, 4.69) is 6.92 Å². The fraction of sp³-hybridized carbons (Fsp3) is 1.00. The average molecular weight is 379 g/mol. The Morgan fingerprint density at radius 3 is 1.36 bits per heavy atom. The van der Waals surface area contributed by atoms with E-state index in [0.717, 1.165) is 19.4 Å². The molecule has 25 heavy (non-hydrogen) atoms. The third-order valence-corrected chi connectivity index (χ3v) is 6.94. The van der Waals surface area contributed by atoms with Gasteiger partial charge in [0.25, 0.3) is 0 Å². The predicted octanol–water partition coefficient (Wildman–Crippen LogP) is 5.78. The molecule has 1 N–H and O–H groups in total. The van der Waals surface area contributed by atoms with Crippen molar-refractivity contribution in [1.29, 1.82) is 0 Å². The Balaban J connectivity index is 3.45. The normalized spacial score (nSPS) is 14.0. The van der Waals surface area contributed by atoms with Gasteiger partial charge in [0.1, 0.15) is 0 Å². The maximum absolute atomic E-state index is 11.3. The first kappa shape index (κ1) is 24.9. The van der Waals surface area contributed by atoms with Crippen LogP contribution in [0.2, 0.25) is 0 Å². The standard InChI is InChI=1S/C20H43NO3S/c1-5-6-7-8-9-10-11-12-13-14-15-16-17-18-19-21(3,4)20(2)25(22,23)24/h20H,5-19H2,1-4H3/p+1. The van der Waals surface area contributed by atoms with E-state index < -0.39 is 15.5 Å². The van der Waals surface area contributed by atoms with E-state index in [0.29, 0.717) is 4.48 Å². The minimum absolute atomic E-state index is 0.330. The van der Waals surface area contributed by atoms with Crippen LogP contribution in [0.3, 0.4) is 0 Å². The SMILES string of the molecule is CCCCCCCCCCCCCCCC[N+](C)(C)C(C)S(=O)(=O)O. The summed E-state index contributed by atoms with van der Waals surface area (Å²) in [7, 11) is -0.206. The number of rotatable bonds is 17. The minimum Gasteiger partial charge on any atom is -0.312 e. The number of hydrogen-bond donors (Lipinski definition) is 1. The van der Waals surface area contributed by atoms with Gasteiger partial charge in [-0.1, -0.05) is 84.0 Å². The zero-order valence-electron chi connectivity index (χ0n) is 17.3. The third kappa shape index (κ3) is 13.7. The Morgan fingerprint density at radius 1 is 0.720 bits per heavy atom. The van der Waals surface area contributed by atoms with Crippen molar-refractivity contribution in [1.82, 2.24) is 0 Å². The fourth-order valence-electron chi connectivity index (χ4n) is 3.26. The smallest absolute Gasteiger partial charge is 0.312 e. The number of nitrogens with zero attached hydrogens (tertiary/aromatic N) is 1. The Morgan fingerprint density at radius 2 is 1.04 bits per heavy atom. The lowest BCUT2D eigenvalue weighted by Gasteiger charge is -2.34. The molecule has 1 atom stereocenters. The van der Waals surface area contributed by atoms with Gasteiger partial charge in [-0.05, 0) is 12.8 Å². The molecule has 1 unspecified atom stereocenters. The maximum Gasteiger partial charge on any atom is 0.319 e. The first-order chi connectivity index (χ1) is 11.7. The molecule has 4 nitrogen and oxygen atoms in total. The van der Waals surface area contributed by atoms with Gasteiger partial charge in [0.05, 0.1) is 20.6 Å². The van der Waals surface area contributed by atoms with Crippen LogP contribution in [0.5, 0.6) is 0 Å². The molecule has 152 valence electrons. The molecule has 0 spiro atoms. The Bertz CT molecular complexity index is 407. The molecular formula is C20H44NO3S+. The van der Waals surface area contributed by atoms with Crippen molar-refractivity contribution in [2.24, 2.45) is 0 Å². The summed E-state index contributed by atoms with van der Waals surface area (Å²) in [5.41, 5.74) is 0. The molecule has 5 heteroatoms. The highest BCUT2D eigenvalue weighted by molar-refractivity contribution is 7.86. The van der Waals surface area contributed by atoms with E-state index >= 15 is 0 Å². The summed E-state index contributed by atoms with van der Waals surface area (Å²) in [6, 6.07) is 0. The van der Waals surface area contributed by atoms with Crippen molar-refractivity contribution in [2.45, 2.75) is 109 Å². The second-order valence-corrected chi connectivity index (χ2v) is 9.92. The van der Waals surface area contributed by atoms with Crippen LogP contribution in [0.1, 0.15) is 104 Å². The van der Waals surface area contributed by atoms with Gasteiger partial charge in [-0.25, -0.2) is 0 Å². The van der Waals surface area contributed by atoms with Crippen molar-refractivity contribution in [3.8, 4) is 0 Å². The van der Waals surface area contributed by atoms with Crippen molar-refractivity contribution >= 4 is 10.1 Å². The fourth-order valence-corrected chi connectivity index (χ4v) is 4.08. The molecule has 0 bridgehead atoms. The molecular weight excluding hydrogens is 334 g/mol. The van der Waals surface area contributed by atoms with E-state index in [1.54, 1.807) is 6.92 Å². The van der Waals surface area contributed by atoms with Gasteiger partial charge in [0.2, 0.25) is 5.37 Å². The summed E-state index contributed by atoms with van der Waals surface area (Å²) in [4.78, 5) is 0. The summed E-state index contributed by atoms with van der Waals surface area (Å²) in [6.07, 6.45) is 18.5. The Kier molecular flexibility index (Phi) is 13.9. The van der Waals surface area contributed by atoms with Gasteiger partial charge >= 0.3 is 10.1 Å². The van der Waals surface area contributed by atoms with Gasteiger partial charge in [-0.15, -0.1) is 0 Å². The van der Waals surface area contributed by atoms with Crippen LogP contribution in [-0.4, -0.2) is 43.5 Å². The van der Waals surface area contributed by atoms with E-state index in [9.17, 15) is 13.0 Å². The third-order valence-electron chi connectivity index (χ3n) is 5.50. The zero-order chi connectivity index (χ0) is 19.2. The number of unbranched alkanes of at least 4 members (excludes halogenated alkanes) is 13. The van der Waals surface area contributed by atoms with Crippen molar-refractivity contribution in [3.63, 3.8) is 0 Å². The van der Waals surface area contributed by atoms with Crippen LogP contribution in [0.25, 0.3) is 0 Å². The van der Waals surface area contributed by atoms with E-state index in [-0.39, 0.29) is 0 Å². The molecule has 0 aromatic carbocycles. The number of hydrogen-bond acceptors (Lipinski definition) is 2. The van der Waals surface area contributed by atoms with E-state index in [1.165, 1.54) is 77.0 Å². The molecule has 0 aromatic heterocycles. The predicted molar refractivity (Wildman–Crippen MR) is 108 cm³/mol. The van der Waals surface area contributed by atoms with Crippen molar-refractivity contribution in [3.05, 3.63) is 0 Å². The summed E-state index contributed by atoms with van der Waals surface area (Å²) in [6.45, 7) is 4.64. The van der Waals surface area contributed by atoms with Gasteiger partial charge in [-0.3, -0.25) is 4.55 Å². The monoisotopic (exact) mass is 378 g/mol. The molecule has 0 saturated heterocycles. The molecule has 0 saturated carbocycles. The van der Waals surface area contributed by atoms with E-state index in [1.807, 2.05) is 14.1 Å². The summed E-state index contributed by atoms with van der Waals surface area (Å²) >= 11 is 0. The molecule has 0 radical (unpaired) electrons.